The molecule has 3 rings (SSSR count). The molecule has 0 unspecified atom stereocenters. The largest absolute Gasteiger partial charge is 0.350 e. The number of carbonyl (C=O) groups excluding carboxylic acids is 2. The number of sulfonamides is 1. The average molecular weight is 480 g/mol. The van der Waals surface area contributed by atoms with Gasteiger partial charge in [-0.25, -0.2) is 8.42 Å². The molecule has 3 aromatic carbocycles. The van der Waals surface area contributed by atoms with Crippen LogP contribution in [0.25, 0.3) is 0 Å². The van der Waals surface area contributed by atoms with Gasteiger partial charge in [0, 0.05) is 6.04 Å². The first kappa shape index (κ1) is 25.0. The maximum atomic E-state index is 13.4. The number of anilines is 2. The summed E-state index contributed by atoms with van der Waals surface area (Å²) in [5.74, 6) is -0.874. The lowest BCUT2D eigenvalue weighted by molar-refractivity contribution is -0.114. The first-order valence-electron chi connectivity index (χ1n) is 11.1. The van der Waals surface area contributed by atoms with Crippen LogP contribution >= 0.6 is 0 Å². The second-order valence-electron chi connectivity index (χ2n) is 8.04. The lowest BCUT2D eigenvalue weighted by Gasteiger charge is -2.24. The number of hydrogen-bond donors (Lipinski definition) is 2. The molecule has 8 heteroatoms. The quantitative estimate of drug-likeness (QED) is 0.477. The van der Waals surface area contributed by atoms with Crippen LogP contribution in [0.5, 0.6) is 0 Å². The topological polar surface area (TPSA) is 95.6 Å². The van der Waals surface area contributed by atoms with Gasteiger partial charge in [-0.05, 0) is 56.7 Å². The molecule has 0 spiro atoms. The third-order valence-corrected chi connectivity index (χ3v) is 7.16. The monoisotopic (exact) mass is 479 g/mol. The molecule has 0 fully saturated rings. The van der Waals surface area contributed by atoms with E-state index < -0.39 is 22.5 Å². The van der Waals surface area contributed by atoms with Crippen LogP contribution in [0.4, 0.5) is 11.4 Å². The van der Waals surface area contributed by atoms with Crippen molar-refractivity contribution in [3.63, 3.8) is 0 Å². The van der Waals surface area contributed by atoms with Gasteiger partial charge in [0.25, 0.3) is 15.9 Å². The highest BCUT2D eigenvalue weighted by molar-refractivity contribution is 7.92. The Bertz CT molecular complexity index is 1240. The maximum absolute atomic E-state index is 13.4. The van der Waals surface area contributed by atoms with Gasteiger partial charge in [-0.3, -0.25) is 13.9 Å². The summed E-state index contributed by atoms with van der Waals surface area (Å²) in [4.78, 5) is 25.8. The fourth-order valence-electron chi connectivity index (χ4n) is 3.26. The van der Waals surface area contributed by atoms with E-state index in [1.165, 1.54) is 12.1 Å². The molecule has 0 bridgehead atoms. The second-order valence-corrected chi connectivity index (χ2v) is 9.90. The Morgan fingerprint density at radius 1 is 0.912 bits per heavy atom. The highest BCUT2D eigenvalue weighted by atomic mass is 32.2. The van der Waals surface area contributed by atoms with Crippen LogP contribution in [0.2, 0.25) is 0 Å². The molecule has 0 heterocycles. The first-order chi connectivity index (χ1) is 16.2. The van der Waals surface area contributed by atoms with E-state index >= 15 is 0 Å². The van der Waals surface area contributed by atoms with E-state index in [0.717, 1.165) is 16.3 Å². The lowest BCUT2D eigenvalue weighted by atomic mass is 10.1. The Morgan fingerprint density at radius 3 is 2.18 bits per heavy atom. The average Bonchev–Trinajstić information content (AvgIpc) is 2.83. The molecule has 3 aromatic rings. The molecule has 0 aromatic heterocycles. The molecule has 34 heavy (non-hydrogen) atoms. The molecule has 0 aliphatic heterocycles. The summed E-state index contributed by atoms with van der Waals surface area (Å²) in [7, 11) is -4.01. The van der Waals surface area contributed by atoms with Crippen LogP contribution in [-0.4, -0.2) is 32.8 Å². The molecule has 178 valence electrons. The summed E-state index contributed by atoms with van der Waals surface area (Å²) >= 11 is 0. The minimum Gasteiger partial charge on any atom is -0.350 e. The molecule has 7 nitrogen and oxygen atoms in total. The zero-order chi connectivity index (χ0) is 24.7. The smallest absolute Gasteiger partial charge is 0.264 e. The zero-order valence-electron chi connectivity index (χ0n) is 19.5. The maximum Gasteiger partial charge on any atom is 0.264 e. The van der Waals surface area contributed by atoms with Crippen molar-refractivity contribution in [3.8, 4) is 0 Å². The molecule has 0 aliphatic rings. The fraction of sp³-hybridized carbons (Fsp3) is 0.231. The number of hydrogen-bond acceptors (Lipinski definition) is 4. The summed E-state index contributed by atoms with van der Waals surface area (Å²) in [6, 6.07) is 21.5. The Morgan fingerprint density at radius 2 is 1.53 bits per heavy atom. The second kappa shape index (κ2) is 11.0. The normalized spacial score (nSPS) is 12.0. The van der Waals surface area contributed by atoms with E-state index in [0.29, 0.717) is 16.9 Å². The van der Waals surface area contributed by atoms with Crippen molar-refractivity contribution in [2.24, 2.45) is 0 Å². The molecule has 2 amide bonds. The standard InChI is InChI=1S/C26H29N3O4S/c1-4-20(3)27-26(31)23-12-8-9-13-24(23)28-25(30)18-29(21-10-6-5-7-11-21)34(32,33)22-16-14-19(2)15-17-22/h5-17,20H,4,18H2,1-3H3,(H,27,31)(H,28,30)/t20-/m0/s1. The first-order valence-corrected chi connectivity index (χ1v) is 12.5. The molecular formula is C26H29N3O4S. The minimum absolute atomic E-state index is 0.0236. The molecule has 0 aliphatic carbocycles. The van der Waals surface area contributed by atoms with E-state index in [-0.39, 0.29) is 16.8 Å². The number of rotatable bonds is 9. The van der Waals surface area contributed by atoms with E-state index in [4.69, 9.17) is 0 Å². The SMILES string of the molecule is CC[C@H](C)NC(=O)c1ccccc1NC(=O)CN(c1ccccc1)S(=O)(=O)c1ccc(C)cc1. The van der Waals surface area contributed by atoms with Crippen LogP contribution in [0.3, 0.4) is 0 Å². The zero-order valence-corrected chi connectivity index (χ0v) is 20.3. The third kappa shape index (κ3) is 6.02. The van der Waals surface area contributed by atoms with Gasteiger partial charge in [0.2, 0.25) is 5.91 Å². The molecule has 0 radical (unpaired) electrons. The van der Waals surface area contributed by atoms with Crippen molar-refractivity contribution < 1.29 is 18.0 Å². The summed E-state index contributed by atoms with van der Waals surface area (Å²) < 4.78 is 28.0. The van der Waals surface area contributed by atoms with Crippen LogP contribution < -0.4 is 14.9 Å². The van der Waals surface area contributed by atoms with Gasteiger partial charge < -0.3 is 10.6 Å². The molecule has 1 atom stereocenters. The van der Waals surface area contributed by atoms with Crippen molar-refractivity contribution in [2.45, 2.75) is 38.1 Å². The molecule has 2 N–H and O–H groups in total. The summed E-state index contributed by atoms with van der Waals surface area (Å²) in [6.45, 7) is 5.27. The Kier molecular flexibility index (Phi) is 8.07. The molecule has 0 saturated carbocycles. The van der Waals surface area contributed by atoms with E-state index in [1.54, 1.807) is 66.7 Å². The van der Waals surface area contributed by atoms with Crippen LogP contribution in [0.15, 0.2) is 83.8 Å². The summed E-state index contributed by atoms with van der Waals surface area (Å²) in [5.41, 5.74) is 1.91. The van der Waals surface area contributed by atoms with E-state index in [9.17, 15) is 18.0 Å². The predicted octanol–water partition coefficient (Wildman–Crippen LogP) is 4.36. The fourth-order valence-corrected chi connectivity index (χ4v) is 4.68. The third-order valence-electron chi connectivity index (χ3n) is 5.38. The van der Waals surface area contributed by atoms with Crippen molar-refractivity contribution in [2.75, 3.05) is 16.2 Å². The van der Waals surface area contributed by atoms with Gasteiger partial charge in [0.15, 0.2) is 0 Å². The number of aryl methyl sites for hydroxylation is 1. The number of para-hydroxylation sites is 2. The van der Waals surface area contributed by atoms with Crippen molar-refractivity contribution >= 4 is 33.2 Å². The van der Waals surface area contributed by atoms with Gasteiger partial charge in [0.1, 0.15) is 6.54 Å². The summed E-state index contributed by atoms with van der Waals surface area (Å²) in [6.07, 6.45) is 0.767. The molecule has 0 saturated heterocycles. The predicted molar refractivity (Wildman–Crippen MR) is 134 cm³/mol. The molecular weight excluding hydrogens is 450 g/mol. The van der Waals surface area contributed by atoms with Crippen molar-refractivity contribution in [1.29, 1.82) is 0 Å². The van der Waals surface area contributed by atoms with Crippen molar-refractivity contribution in [1.82, 2.24) is 5.32 Å². The number of amides is 2. The van der Waals surface area contributed by atoms with Gasteiger partial charge in [-0.15, -0.1) is 0 Å². The Hall–Kier alpha value is -3.65. The van der Waals surface area contributed by atoms with Crippen LogP contribution in [0.1, 0.15) is 36.2 Å². The Balaban J connectivity index is 1.88. The number of nitrogens with zero attached hydrogens (tertiary/aromatic N) is 1. The number of nitrogens with one attached hydrogen (secondary N) is 2. The van der Waals surface area contributed by atoms with Gasteiger partial charge in [-0.1, -0.05) is 55.0 Å². The highest BCUT2D eigenvalue weighted by Gasteiger charge is 2.27. The van der Waals surface area contributed by atoms with Gasteiger partial charge in [-0.2, -0.15) is 0 Å². The van der Waals surface area contributed by atoms with Crippen LogP contribution in [0, 0.1) is 6.92 Å². The van der Waals surface area contributed by atoms with Crippen molar-refractivity contribution in [3.05, 3.63) is 90.0 Å². The van der Waals surface area contributed by atoms with Crippen LogP contribution in [-0.2, 0) is 14.8 Å². The Labute approximate surface area is 200 Å². The van der Waals surface area contributed by atoms with E-state index in [1.807, 2.05) is 20.8 Å². The minimum atomic E-state index is -4.01. The summed E-state index contributed by atoms with van der Waals surface area (Å²) in [5, 5.41) is 5.59. The highest BCUT2D eigenvalue weighted by Crippen LogP contribution is 2.24. The number of benzene rings is 3. The lowest BCUT2D eigenvalue weighted by Crippen LogP contribution is -2.38. The van der Waals surface area contributed by atoms with Gasteiger partial charge in [0.05, 0.1) is 21.8 Å². The van der Waals surface area contributed by atoms with E-state index in [2.05, 4.69) is 10.6 Å². The van der Waals surface area contributed by atoms with Gasteiger partial charge >= 0.3 is 0 Å². The number of carbonyl (C=O) groups is 2.